The van der Waals surface area contributed by atoms with E-state index in [1.165, 1.54) is 24.3 Å². The average Bonchev–Trinajstić information content (AvgIpc) is 3.06. The van der Waals surface area contributed by atoms with Gasteiger partial charge in [-0.3, -0.25) is 14.9 Å². The number of carbonyl (C=O) groups excluding carboxylic acids is 1. The summed E-state index contributed by atoms with van der Waals surface area (Å²) < 4.78 is 13.0. The van der Waals surface area contributed by atoms with Crippen LogP contribution in [0.25, 0.3) is 22.2 Å². The molecule has 2 N–H and O–H groups in total. The quantitative estimate of drug-likeness (QED) is 0.595. The van der Waals surface area contributed by atoms with E-state index in [9.17, 15) is 9.18 Å². The monoisotopic (exact) mass is 332 g/mol. The normalized spacial score (nSPS) is 10.8. The Morgan fingerprint density at radius 2 is 1.92 bits per heavy atom. The van der Waals surface area contributed by atoms with Crippen molar-refractivity contribution < 1.29 is 9.18 Å². The highest BCUT2D eigenvalue weighted by atomic mass is 19.1. The zero-order valence-corrected chi connectivity index (χ0v) is 13.0. The van der Waals surface area contributed by atoms with Crippen LogP contribution < -0.4 is 5.32 Å². The van der Waals surface area contributed by atoms with Crippen molar-refractivity contribution in [2.45, 2.75) is 0 Å². The number of hydrogen-bond donors (Lipinski definition) is 2. The summed E-state index contributed by atoms with van der Waals surface area (Å²) in [6.07, 6.45) is 3.44. The molecule has 2 aromatic carbocycles. The number of hydrogen-bond acceptors (Lipinski definition) is 3. The van der Waals surface area contributed by atoms with Crippen molar-refractivity contribution >= 4 is 22.5 Å². The molecule has 6 heteroatoms. The van der Waals surface area contributed by atoms with Gasteiger partial charge in [-0.25, -0.2) is 4.39 Å². The standard InChI is InChI=1S/C19H13FN4O/c20-14-5-3-12(4-6-14)19(25)22-15-7-8-17-16(10-15)18(24-23-17)13-2-1-9-21-11-13/h1-11H,(H,22,25)(H,23,24). The molecule has 0 saturated heterocycles. The Kier molecular flexibility index (Phi) is 3.70. The van der Waals surface area contributed by atoms with Gasteiger partial charge in [0.15, 0.2) is 0 Å². The summed E-state index contributed by atoms with van der Waals surface area (Å²) in [5.74, 6) is -0.678. The molecule has 0 unspecified atom stereocenters. The smallest absolute Gasteiger partial charge is 0.255 e. The van der Waals surface area contributed by atoms with Crippen molar-refractivity contribution in [3.63, 3.8) is 0 Å². The minimum atomic E-state index is -0.377. The number of nitrogens with one attached hydrogen (secondary N) is 2. The van der Waals surface area contributed by atoms with Gasteiger partial charge in [-0.2, -0.15) is 5.10 Å². The van der Waals surface area contributed by atoms with E-state index in [2.05, 4.69) is 20.5 Å². The van der Waals surface area contributed by atoms with Crippen molar-refractivity contribution in [3.8, 4) is 11.3 Å². The average molecular weight is 332 g/mol. The molecule has 4 rings (SSSR count). The maximum atomic E-state index is 13.0. The summed E-state index contributed by atoms with van der Waals surface area (Å²) in [6.45, 7) is 0. The number of halogens is 1. The summed E-state index contributed by atoms with van der Waals surface area (Å²) in [5.41, 5.74) is 3.53. The van der Waals surface area contributed by atoms with Crippen LogP contribution in [0.3, 0.4) is 0 Å². The van der Waals surface area contributed by atoms with Gasteiger partial charge in [0.25, 0.3) is 5.91 Å². The Balaban J connectivity index is 1.67. The molecule has 0 aliphatic heterocycles. The van der Waals surface area contributed by atoms with Crippen molar-refractivity contribution in [2.75, 3.05) is 5.32 Å². The van der Waals surface area contributed by atoms with Crippen LogP contribution in [0.4, 0.5) is 10.1 Å². The number of benzene rings is 2. The van der Waals surface area contributed by atoms with Gasteiger partial charge in [-0.15, -0.1) is 0 Å². The van der Waals surface area contributed by atoms with Gasteiger partial charge in [-0.1, -0.05) is 0 Å². The molecule has 0 atom stereocenters. The van der Waals surface area contributed by atoms with Crippen LogP contribution in [-0.2, 0) is 0 Å². The molecule has 4 aromatic rings. The Bertz CT molecular complexity index is 1040. The molecular weight excluding hydrogens is 319 g/mol. The number of aromatic nitrogens is 3. The van der Waals surface area contributed by atoms with Gasteiger partial charge >= 0.3 is 0 Å². The SMILES string of the molecule is O=C(Nc1ccc2[nH]nc(-c3cccnc3)c2c1)c1ccc(F)cc1. The molecule has 0 saturated carbocycles. The topological polar surface area (TPSA) is 70.7 Å². The van der Waals surface area contributed by atoms with Crippen LogP contribution >= 0.6 is 0 Å². The van der Waals surface area contributed by atoms with Crippen LogP contribution in [0.2, 0.25) is 0 Å². The first-order chi connectivity index (χ1) is 12.2. The number of carbonyl (C=O) groups is 1. The van der Waals surface area contributed by atoms with Crippen molar-refractivity contribution in [1.29, 1.82) is 0 Å². The van der Waals surface area contributed by atoms with E-state index < -0.39 is 0 Å². The van der Waals surface area contributed by atoms with Gasteiger partial charge in [0.05, 0.1) is 5.52 Å². The van der Waals surface area contributed by atoms with Crippen LogP contribution in [0.1, 0.15) is 10.4 Å². The molecule has 2 heterocycles. The number of anilines is 1. The second-order valence-corrected chi connectivity index (χ2v) is 5.54. The Labute approximate surface area is 142 Å². The lowest BCUT2D eigenvalue weighted by Crippen LogP contribution is -2.11. The van der Waals surface area contributed by atoms with Crippen LogP contribution in [-0.4, -0.2) is 21.1 Å². The molecule has 0 aliphatic rings. The molecule has 25 heavy (non-hydrogen) atoms. The minimum Gasteiger partial charge on any atom is -0.322 e. The predicted octanol–water partition coefficient (Wildman–Crippen LogP) is 4.02. The number of rotatable bonds is 3. The number of fused-ring (bicyclic) bond motifs is 1. The van der Waals surface area contributed by atoms with Gasteiger partial charge in [0.1, 0.15) is 11.5 Å². The Morgan fingerprint density at radius 1 is 1.08 bits per heavy atom. The maximum absolute atomic E-state index is 13.0. The van der Waals surface area contributed by atoms with Crippen LogP contribution in [0.15, 0.2) is 67.0 Å². The zero-order valence-electron chi connectivity index (χ0n) is 13.0. The third-order valence-corrected chi connectivity index (χ3v) is 3.86. The molecular formula is C19H13FN4O. The van der Waals surface area contributed by atoms with Crippen LogP contribution in [0.5, 0.6) is 0 Å². The van der Waals surface area contributed by atoms with Crippen molar-refractivity contribution in [2.24, 2.45) is 0 Å². The highest BCUT2D eigenvalue weighted by Crippen LogP contribution is 2.28. The molecule has 0 radical (unpaired) electrons. The van der Waals surface area contributed by atoms with E-state index in [-0.39, 0.29) is 11.7 Å². The van der Waals surface area contributed by atoms with Crippen molar-refractivity contribution in [3.05, 3.63) is 78.4 Å². The van der Waals surface area contributed by atoms with Gasteiger partial charge in [0, 0.05) is 34.6 Å². The van der Waals surface area contributed by atoms with E-state index in [1.807, 2.05) is 24.3 Å². The fraction of sp³-hybridized carbons (Fsp3) is 0. The molecule has 122 valence electrons. The molecule has 0 spiro atoms. The number of aromatic amines is 1. The highest BCUT2D eigenvalue weighted by molar-refractivity contribution is 6.05. The van der Waals surface area contributed by atoms with Gasteiger partial charge in [-0.05, 0) is 54.6 Å². The van der Waals surface area contributed by atoms with E-state index >= 15 is 0 Å². The number of pyridine rings is 1. The second-order valence-electron chi connectivity index (χ2n) is 5.54. The summed E-state index contributed by atoms with van der Waals surface area (Å²) >= 11 is 0. The number of amides is 1. The van der Waals surface area contributed by atoms with E-state index in [1.54, 1.807) is 18.5 Å². The molecule has 5 nitrogen and oxygen atoms in total. The molecule has 2 aromatic heterocycles. The first-order valence-corrected chi connectivity index (χ1v) is 7.66. The number of nitrogens with zero attached hydrogens (tertiary/aromatic N) is 2. The highest BCUT2D eigenvalue weighted by Gasteiger charge is 2.11. The van der Waals surface area contributed by atoms with Crippen LogP contribution in [0, 0.1) is 5.82 Å². The molecule has 1 amide bonds. The van der Waals surface area contributed by atoms with Crippen molar-refractivity contribution in [1.82, 2.24) is 15.2 Å². The Hall–Kier alpha value is -3.54. The largest absolute Gasteiger partial charge is 0.322 e. The van der Waals surface area contributed by atoms with E-state index in [0.29, 0.717) is 11.3 Å². The fourth-order valence-electron chi connectivity index (χ4n) is 2.62. The lowest BCUT2D eigenvalue weighted by atomic mass is 10.1. The summed E-state index contributed by atoms with van der Waals surface area (Å²) in [7, 11) is 0. The van der Waals surface area contributed by atoms with Gasteiger partial charge in [0.2, 0.25) is 0 Å². The Morgan fingerprint density at radius 3 is 2.68 bits per heavy atom. The molecule has 0 bridgehead atoms. The zero-order chi connectivity index (χ0) is 17.2. The summed E-state index contributed by atoms with van der Waals surface area (Å²) in [5, 5.41) is 11.0. The third kappa shape index (κ3) is 2.97. The fourth-order valence-corrected chi connectivity index (χ4v) is 2.62. The minimum absolute atomic E-state index is 0.300. The maximum Gasteiger partial charge on any atom is 0.255 e. The van der Waals surface area contributed by atoms with E-state index in [4.69, 9.17) is 0 Å². The summed E-state index contributed by atoms with van der Waals surface area (Å²) in [6, 6.07) is 14.7. The predicted molar refractivity (Wildman–Crippen MR) is 93.7 cm³/mol. The molecule has 0 fully saturated rings. The van der Waals surface area contributed by atoms with Gasteiger partial charge < -0.3 is 5.32 Å². The first-order valence-electron chi connectivity index (χ1n) is 7.66. The van der Waals surface area contributed by atoms with E-state index in [0.717, 1.165) is 22.2 Å². The molecule has 0 aliphatic carbocycles. The first kappa shape index (κ1) is 15.0. The lowest BCUT2D eigenvalue weighted by Gasteiger charge is -2.06. The summed E-state index contributed by atoms with van der Waals surface area (Å²) in [4.78, 5) is 16.4. The second kappa shape index (κ2) is 6.16. The lowest BCUT2D eigenvalue weighted by molar-refractivity contribution is 0.102. The number of H-pyrrole nitrogens is 1. The third-order valence-electron chi connectivity index (χ3n) is 3.86.